The van der Waals surface area contributed by atoms with E-state index in [-0.39, 0.29) is 6.61 Å². The van der Waals surface area contributed by atoms with Gasteiger partial charge in [0.2, 0.25) is 0 Å². The third-order valence-electron chi connectivity index (χ3n) is 2.65. The summed E-state index contributed by atoms with van der Waals surface area (Å²) in [7, 11) is 3.72. The summed E-state index contributed by atoms with van der Waals surface area (Å²) in [5, 5.41) is 24.8. The van der Waals surface area contributed by atoms with Crippen LogP contribution >= 0.6 is 12.2 Å². The summed E-state index contributed by atoms with van der Waals surface area (Å²) in [6, 6.07) is 7.34. The summed E-state index contributed by atoms with van der Waals surface area (Å²) in [5.41, 5.74) is 1.22. The van der Waals surface area contributed by atoms with Crippen LogP contribution < -0.4 is 10.6 Å². The lowest BCUT2D eigenvalue weighted by Crippen LogP contribution is -2.47. The van der Waals surface area contributed by atoms with Crippen LogP contribution in [0.1, 0.15) is 19.4 Å². The Hall–Kier alpha value is -2.17. The van der Waals surface area contributed by atoms with Crippen molar-refractivity contribution in [1.82, 2.24) is 10.2 Å². The maximum absolute atomic E-state index is 9.22. The predicted octanol–water partition coefficient (Wildman–Crippen LogP) is 1.84. The molecule has 1 aromatic rings. The number of aliphatic hydroxyl groups is 1. The zero-order valence-corrected chi connectivity index (χ0v) is 14.0. The van der Waals surface area contributed by atoms with Crippen LogP contribution in [0.2, 0.25) is 0 Å². The smallest absolute Gasteiger partial charge is 0.171 e. The largest absolute Gasteiger partial charge is 0.394 e. The second-order valence-corrected chi connectivity index (χ2v) is 6.08. The van der Waals surface area contributed by atoms with Gasteiger partial charge >= 0.3 is 0 Å². The fraction of sp³-hybridized carbons (Fsp3) is 0.400. The van der Waals surface area contributed by atoms with Gasteiger partial charge in [0.1, 0.15) is 6.07 Å². The average Bonchev–Trinajstić information content (AvgIpc) is 2.44. The Morgan fingerprint density at radius 2 is 2.18 bits per heavy atom. The van der Waals surface area contributed by atoms with Gasteiger partial charge in [0.15, 0.2) is 5.11 Å². The molecule has 0 aromatic heterocycles. The molecule has 0 saturated carbocycles. The molecule has 22 heavy (non-hydrogen) atoms. The average molecular weight is 319 g/mol. The molecule has 7 heteroatoms. The Morgan fingerprint density at radius 1 is 1.50 bits per heavy atom. The summed E-state index contributed by atoms with van der Waals surface area (Å²) < 4.78 is 0. The highest BCUT2D eigenvalue weighted by Crippen LogP contribution is 2.22. The Kier molecular flexibility index (Phi) is 6.28. The van der Waals surface area contributed by atoms with Gasteiger partial charge in [-0.1, -0.05) is 0 Å². The van der Waals surface area contributed by atoms with Gasteiger partial charge in [-0.25, -0.2) is 4.99 Å². The minimum Gasteiger partial charge on any atom is -0.394 e. The molecule has 0 aliphatic rings. The topological polar surface area (TPSA) is 83.7 Å². The van der Waals surface area contributed by atoms with Gasteiger partial charge in [0, 0.05) is 19.8 Å². The predicted molar refractivity (Wildman–Crippen MR) is 93.5 cm³/mol. The Bertz CT molecular complexity index is 604. The van der Waals surface area contributed by atoms with Crippen molar-refractivity contribution in [3.63, 3.8) is 0 Å². The van der Waals surface area contributed by atoms with E-state index in [1.807, 2.05) is 27.9 Å². The number of thiocarbonyl (C=S) groups is 1. The molecule has 0 radical (unpaired) electrons. The standard InChI is InChI=1S/C15H21N5OS/c1-15(2,9-21)19-14(22)18-12-5-6-13(11(7-12)8-16)17-10-20(3)4/h5-7,10,21H,9H2,1-4H3,(H2,18,19,22)/b17-10+. The van der Waals surface area contributed by atoms with E-state index in [2.05, 4.69) is 21.7 Å². The highest BCUT2D eigenvalue weighted by atomic mass is 32.1. The summed E-state index contributed by atoms with van der Waals surface area (Å²) in [6.07, 6.45) is 1.64. The molecule has 0 atom stereocenters. The van der Waals surface area contributed by atoms with Crippen LogP contribution in [0.4, 0.5) is 11.4 Å². The fourth-order valence-corrected chi connectivity index (χ4v) is 1.90. The van der Waals surface area contributed by atoms with E-state index in [0.29, 0.717) is 22.1 Å². The molecular weight excluding hydrogens is 298 g/mol. The van der Waals surface area contributed by atoms with Crippen LogP contribution in [-0.4, -0.2) is 47.7 Å². The zero-order valence-electron chi connectivity index (χ0n) is 13.2. The number of rotatable bonds is 5. The van der Waals surface area contributed by atoms with Gasteiger partial charge in [0.05, 0.1) is 29.7 Å². The number of anilines is 1. The Morgan fingerprint density at radius 3 is 2.73 bits per heavy atom. The van der Waals surface area contributed by atoms with Crippen molar-refractivity contribution in [1.29, 1.82) is 5.26 Å². The second kappa shape index (κ2) is 7.73. The van der Waals surface area contributed by atoms with Crippen LogP contribution in [0, 0.1) is 11.3 Å². The maximum atomic E-state index is 9.22. The van der Waals surface area contributed by atoms with E-state index < -0.39 is 5.54 Å². The number of nitrogens with one attached hydrogen (secondary N) is 2. The minimum atomic E-state index is -0.516. The minimum absolute atomic E-state index is 0.0452. The second-order valence-electron chi connectivity index (χ2n) is 5.67. The molecule has 1 aromatic carbocycles. The van der Waals surface area contributed by atoms with E-state index in [1.54, 1.807) is 29.4 Å². The van der Waals surface area contributed by atoms with Crippen LogP contribution in [0.5, 0.6) is 0 Å². The van der Waals surface area contributed by atoms with E-state index in [9.17, 15) is 10.4 Å². The van der Waals surface area contributed by atoms with Crippen molar-refractivity contribution in [3.8, 4) is 6.07 Å². The van der Waals surface area contributed by atoms with E-state index >= 15 is 0 Å². The summed E-state index contributed by atoms with van der Waals surface area (Å²) in [4.78, 5) is 6.03. The molecule has 3 N–H and O–H groups in total. The third-order valence-corrected chi connectivity index (χ3v) is 2.85. The first-order chi connectivity index (χ1) is 10.3. The Labute approximate surface area is 136 Å². The van der Waals surface area contributed by atoms with Gasteiger partial charge in [0.25, 0.3) is 0 Å². The lowest BCUT2D eigenvalue weighted by atomic mass is 10.1. The monoisotopic (exact) mass is 319 g/mol. The van der Waals surface area contributed by atoms with Crippen molar-refractivity contribution < 1.29 is 5.11 Å². The molecule has 1 rings (SSSR count). The number of aliphatic hydroxyl groups excluding tert-OH is 1. The van der Waals surface area contributed by atoms with E-state index in [0.717, 1.165) is 0 Å². The Balaban J connectivity index is 2.86. The quantitative estimate of drug-likeness (QED) is 0.436. The van der Waals surface area contributed by atoms with Crippen molar-refractivity contribution in [2.45, 2.75) is 19.4 Å². The molecule has 0 aliphatic carbocycles. The first-order valence-electron chi connectivity index (χ1n) is 6.72. The highest BCUT2D eigenvalue weighted by Gasteiger charge is 2.17. The number of aliphatic imine (C=N–C) groups is 1. The highest BCUT2D eigenvalue weighted by molar-refractivity contribution is 7.80. The molecule has 0 aliphatic heterocycles. The van der Waals surface area contributed by atoms with Crippen molar-refractivity contribution in [3.05, 3.63) is 23.8 Å². The molecule has 0 heterocycles. The number of hydrogen-bond acceptors (Lipinski definition) is 4. The first-order valence-corrected chi connectivity index (χ1v) is 7.13. The van der Waals surface area contributed by atoms with Crippen LogP contribution in [-0.2, 0) is 0 Å². The lowest BCUT2D eigenvalue weighted by Gasteiger charge is -2.25. The van der Waals surface area contributed by atoms with Crippen molar-refractivity contribution >= 4 is 35.0 Å². The number of nitrogens with zero attached hydrogens (tertiary/aromatic N) is 3. The van der Waals surface area contributed by atoms with Crippen molar-refractivity contribution in [2.75, 3.05) is 26.0 Å². The van der Waals surface area contributed by atoms with Gasteiger partial charge < -0.3 is 20.6 Å². The first kappa shape index (κ1) is 17.9. The lowest BCUT2D eigenvalue weighted by molar-refractivity contribution is 0.207. The number of nitriles is 1. The van der Waals surface area contributed by atoms with Gasteiger partial charge in [-0.3, -0.25) is 0 Å². The molecule has 0 fully saturated rings. The SMILES string of the molecule is CN(C)/C=N/c1ccc(NC(=S)NC(C)(C)CO)cc1C#N. The maximum Gasteiger partial charge on any atom is 0.171 e. The fourth-order valence-electron chi connectivity index (χ4n) is 1.50. The van der Waals surface area contributed by atoms with Gasteiger partial charge in [-0.2, -0.15) is 5.26 Å². The molecule has 0 saturated heterocycles. The van der Waals surface area contributed by atoms with Gasteiger partial charge in [-0.15, -0.1) is 0 Å². The van der Waals surface area contributed by atoms with E-state index in [1.165, 1.54) is 0 Å². The van der Waals surface area contributed by atoms with Crippen LogP contribution in [0.15, 0.2) is 23.2 Å². The normalized spacial score (nSPS) is 11.1. The van der Waals surface area contributed by atoms with Crippen LogP contribution in [0.3, 0.4) is 0 Å². The number of hydrogen-bond donors (Lipinski definition) is 3. The van der Waals surface area contributed by atoms with E-state index in [4.69, 9.17) is 12.2 Å². The molecule has 0 bridgehead atoms. The number of benzene rings is 1. The summed E-state index contributed by atoms with van der Waals surface area (Å²) in [5.74, 6) is 0. The third kappa shape index (κ3) is 5.68. The summed E-state index contributed by atoms with van der Waals surface area (Å²) in [6.45, 7) is 3.62. The molecule has 6 nitrogen and oxygen atoms in total. The zero-order chi connectivity index (χ0) is 16.8. The summed E-state index contributed by atoms with van der Waals surface area (Å²) >= 11 is 5.20. The molecular formula is C15H21N5OS. The molecule has 118 valence electrons. The molecule has 0 spiro atoms. The molecule has 0 unspecified atom stereocenters. The van der Waals surface area contributed by atoms with Crippen LogP contribution in [0.25, 0.3) is 0 Å². The van der Waals surface area contributed by atoms with Crippen molar-refractivity contribution in [2.24, 2.45) is 4.99 Å². The molecule has 0 amide bonds. The van der Waals surface area contributed by atoms with Gasteiger partial charge in [-0.05, 0) is 44.3 Å².